The van der Waals surface area contributed by atoms with Gasteiger partial charge in [-0.15, -0.1) is 11.3 Å². The van der Waals surface area contributed by atoms with Gasteiger partial charge in [-0.2, -0.15) is 0 Å². The van der Waals surface area contributed by atoms with Gasteiger partial charge in [-0.25, -0.2) is 0 Å². The summed E-state index contributed by atoms with van der Waals surface area (Å²) in [7, 11) is 0. The maximum Gasteiger partial charge on any atom is 0.133 e. The van der Waals surface area contributed by atoms with Crippen LogP contribution in [0.4, 0.5) is 0 Å². The zero-order chi connectivity index (χ0) is 9.10. The van der Waals surface area contributed by atoms with Crippen molar-refractivity contribution < 1.29 is 4.79 Å². The van der Waals surface area contributed by atoms with Gasteiger partial charge >= 0.3 is 0 Å². The van der Waals surface area contributed by atoms with Gasteiger partial charge in [0.25, 0.3) is 0 Å². The van der Waals surface area contributed by atoms with E-state index in [1.165, 1.54) is 11.3 Å². The Balaban J connectivity index is 1.91. The third kappa shape index (κ3) is 2.41. The normalized spacial score (nSPS) is 23.4. The van der Waals surface area contributed by atoms with E-state index in [-0.39, 0.29) is 0 Å². The molecule has 13 heavy (non-hydrogen) atoms. The lowest BCUT2D eigenvalue weighted by molar-refractivity contribution is -0.121. The SMILES string of the molecule is O=C1CCCC(Cc2cccs2)C1. The van der Waals surface area contributed by atoms with Crippen molar-refractivity contribution in [3.05, 3.63) is 22.4 Å². The van der Waals surface area contributed by atoms with Crippen LogP contribution in [-0.4, -0.2) is 5.78 Å². The number of ketones is 1. The fourth-order valence-corrected chi connectivity index (χ4v) is 2.82. The maximum absolute atomic E-state index is 11.2. The summed E-state index contributed by atoms with van der Waals surface area (Å²) in [5.41, 5.74) is 0. The third-order valence-corrected chi connectivity index (χ3v) is 3.55. The smallest absolute Gasteiger partial charge is 0.133 e. The number of thiophene rings is 1. The first-order valence-electron chi connectivity index (χ1n) is 4.88. The Labute approximate surface area is 82.8 Å². The lowest BCUT2D eigenvalue weighted by Gasteiger charge is -2.19. The summed E-state index contributed by atoms with van der Waals surface area (Å²) < 4.78 is 0. The van der Waals surface area contributed by atoms with E-state index in [2.05, 4.69) is 17.5 Å². The van der Waals surface area contributed by atoms with Gasteiger partial charge in [0.1, 0.15) is 5.78 Å². The molecule has 1 saturated carbocycles. The minimum absolute atomic E-state index is 0.466. The molecule has 0 bridgehead atoms. The fourth-order valence-electron chi connectivity index (χ4n) is 2.00. The summed E-state index contributed by atoms with van der Waals surface area (Å²) in [6, 6.07) is 4.26. The van der Waals surface area contributed by atoms with Gasteiger partial charge in [0.05, 0.1) is 0 Å². The molecule has 0 N–H and O–H groups in total. The molecule has 1 aromatic heterocycles. The molecule has 0 saturated heterocycles. The largest absolute Gasteiger partial charge is 0.300 e. The molecule has 1 unspecified atom stereocenters. The highest BCUT2D eigenvalue weighted by molar-refractivity contribution is 7.09. The molecule has 1 atom stereocenters. The van der Waals surface area contributed by atoms with Crippen LogP contribution >= 0.6 is 11.3 Å². The Morgan fingerprint density at radius 2 is 2.46 bits per heavy atom. The van der Waals surface area contributed by atoms with Crippen LogP contribution in [0.15, 0.2) is 17.5 Å². The highest BCUT2D eigenvalue weighted by Crippen LogP contribution is 2.26. The average Bonchev–Trinajstić information content (AvgIpc) is 2.57. The first kappa shape index (κ1) is 8.95. The van der Waals surface area contributed by atoms with Crippen LogP contribution in [0.2, 0.25) is 0 Å². The summed E-state index contributed by atoms with van der Waals surface area (Å²) in [4.78, 5) is 12.6. The summed E-state index contributed by atoms with van der Waals surface area (Å²) in [6.07, 6.45) is 5.10. The predicted octanol–water partition coefficient (Wildman–Crippen LogP) is 3.05. The average molecular weight is 194 g/mol. The van der Waals surface area contributed by atoms with E-state index in [1.54, 1.807) is 11.3 Å². The molecule has 0 amide bonds. The molecule has 1 heterocycles. The van der Waals surface area contributed by atoms with Crippen molar-refractivity contribution in [3.63, 3.8) is 0 Å². The Hall–Kier alpha value is -0.630. The quantitative estimate of drug-likeness (QED) is 0.707. The lowest BCUT2D eigenvalue weighted by Crippen LogP contribution is -2.16. The summed E-state index contributed by atoms with van der Waals surface area (Å²) >= 11 is 1.81. The van der Waals surface area contributed by atoms with Crippen molar-refractivity contribution in [3.8, 4) is 0 Å². The van der Waals surface area contributed by atoms with Crippen molar-refractivity contribution in [1.82, 2.24) is 0 Å². The topological polar surface area (TPSA) is 17.1 Å². The minimum atomic E-state index is 0.466. The Bertz CT molecular complexity index is 276. The first-order chi connectivity index (χ1) is 6.34. The minimum Gasteiger partial charge on any atom is -0.300 e. The number of hydrogen-bond donors (Lipinski definition) is 0. The maximum atomic E-state index is 11.2. The standard InChI is InChI=1S/C11H14OS/c12-10-4-1-3-9(7-10)8-11-5-2-6-13-11/h2,5-6,9H,1,3-4,7-8H2. The van der Waals surface area contributed by atoms with Crippen LogP contribution in [0.3, 0.4) is 0 Å². The van der Waals surface area contributed by atoms with E-state index in [4.69, 9.17) is 0 Å². The van der Waals surface area contributed by atoms with Crippen molar-refractivity contribution in [2.24, 2.45) is 5.92 Å². The van der Waals surface area contributed by atoms with Gasteiger partial charge in [-0.1, -0.05) is 6.07 Å². The molecule has 1 fully saturated rings. The van der Waals surface area contributed by atoms with E-state index < -0.39 is 0 Å². The second-order valence-corrected chi connectivity index (χ2v) is 4.82. The van der Waals surface area contributed by atoms with E-state index >= 15 is 0 Å². The summed E-state index contributed by atoms with van der Waals surface area (Å²) in [5, 5.41) is 2.11. The van der Waals surface area contributed by atoms with Crippen LogP contribution < -0.4 is 0 Å². The molecular weight excluding hydrogens is 180 g/mol. The molecule has 1 aliphatic rings. The van der Waals surface area contributed by atoms with Gasteiger partial charge in [0.2, 0.25) is 0 Å². The van der Waals surface area contributed by atoms with Crippen LogP contribution in [0.5, 0.6) is 0 Å². The first-order valence-corrected chi connectivity index (χ1v) is 5.76. The molecule has 2 rings (SSSR count). The van der Waals surface area contributed by atoms with Crippen LogP contribution in [0, 0.1) is 5.92 Å². The third-order valence-electron chi connectivity index (χ3n) is 2.65. The molecule has 0 aliphatic heterocycles. The molecule has 0 spiro atoms. The van der Waals surface area contributed by atoms with Crippen molar-refractivity contribution in [1.29, 1.82) is 0 Å². The Kier molecular flexibility index (Phi) is 2.79. The summed E-state index contributed by atoms with van der Waals surface area (Å²) in [5.74, 6) is 1.09. The van der Waals surface area contributed by atoms with Gasteiger partial charge in [-0.05, 0) is 36.6 Å². The van der Waals surface area contributed by atoms with Crippen LogP contribution in [-0.2, 0) is 11.2 Å². The Morgan fingerprint density at radius 3 is 3.15 bits per heavy atom. The lowest BCUT2D eigenvalue weighted by atomic mass is 9.86. The number of rotatable bonds is 2. The highest BCUT2D eigenvalue weighted by Gasteiger charge is 2.19. The van der Waals surface area contributed by atoms with Crippen molar-refractivity contribution in [2.45, 2.75) is 32.1 Å². The molecule has 1 nitrogen and oxygen atoms in total. The molecule has 2 heteroatoms. The van der Waals surface area contributed by atoms with Gasteiger partial charge < -0.3 is 0 Å². The number of carbonyl (C=O) groups is 1. The van der Waals surface area contributed by atoms with Crippen LogP contribution in [0.25, 0.3) is 0 Å². The molecular formula is C11H14OS. The number of hydrogen-bond acceptors (Lipinski definition) is 2. The van der Waals surface area contributed by atoms with E-state index in [0.717, 1.165) is 25.7 Å². The second kappa shape index (κ2) is 4.05. The second-order valence-electron chi connectivity index (χ2n) is 3.78. The fraction of sp³-hybridized carbons (Fsp3) is 0.545. The molecule has 70 valence electrons. The van der Waals surface area contributed by atoms with Crippen LogP contribution in [0.1, 0.15) is 30.6 Å². The van der Waals surface area contributed by atoms with Gasteiger partial charge in [0.15, 0.2) is 0 Å². The van der Waals surface area contributed by atoms with Gasteiger partial charge in [-0.3, -0.25) is 4.79 Å². The van der Waals surface area contributed by atoms with Crippen molar-refractivity contribution in [2.75, 3.05) is 0 Å². The van der Waals surface area contributed by atoms with E-state index in [1.807, 2.05) is 0 Å². The predicted molar refractivity (Wildman–Crippen MR) is 55.0 cm³/mol. The summed E-state index contributed by atoms with van der Waals surface area (Å²) in [6.45, 7) is 0. The zero-order valence-corrected chi connectivity index (χ0v) is 8.48. The van der Waals surface area contributed by atoms with Gasteiger partial charge in [0, 0.05) is 17.7 Å². The molecule has 1 aliphatic carbocycles. The number of Topliss-reactive ketones (excluding diaryl/α,β-unsaturated/α-hetero) is 1. The highest BCUT2D eigenvalue weighted by atomic mass is 32.1. The monoisotopic (exact) mass is 194 g/mol. The zero-order valence-electron chi connectivity index (χ0n) is 7.66. The van der Waals surface area contributed by atoms with Crippen molar-refractivity contribution >= 4 is 17.1 Å². The molecule has 1 aromatic rings. The molecule has 0 aromatic carbocycles. The Morgan fingerprint density at radius 1 is 1.54 bits per heavy atom. The number of carbonyl (C=O) groups excluding carboxylic acids is 1. The molecule has 0 radical (unpaired) electrons. The van der Waals surface area contributed by atoms with E-state index in [0.29, 0.717) is 11.7 Å². The van der Waals surface area contributed by atoms with E-state index in [9.17, 15) is 4.79 Å².